The van der Waals surface area contributed by atoms with Crippen LogP contribution in [0.5, 0.6) is 0 Å². The summed E-state index contributed by atoms with van der Waals surface area (Å²) in [5, 5.41) is 2.91. The molecule has 1 fully saturated rings. The van der Waals surface area contributed by atoms with Gasteiger partial charge < -0.3 is 9.87 Å². The van der Waals surface area contributed by atoms with E-state index in [2.05, 4.69) is 5.32 Å². The summed E-state index contributed by atoms with van der Waals surface area (Å²) in [6.07, 6.45) is 3.83. The number of hydrogen-bond acceptors (Lipinski definition) is 4. The van der Waals surface area contributed by atoms with Crippen LogP contribution in [0.1, 0.15) is 24.3 Å². The standard InChI is InChI=1S/C16H19NO3S/c1-21(20)8-7-17-11-14-15(18)9-13(10-16(14)19)12-5-3-2-4-6-12/h2-6,11,13,17H,7-10H2,1H3. The molecule has 0 aromatic heterocycles. The molecule has 0 saturated heterocycles. The van der Waals surface area contributed by atoms with Crippen LogP contribution in [0.25, 0.3) is 0 Å². The van der Waals surface area contributed by atoms with Gasteiger partial charge in [-0.3, -0.25) is 9.59 Å². The molecule has 1 aromatic carbocycles. The Hall–Kier alpha value is -1.59. The average Bonchev–Trinajstić information content (AvgIpc) is 2.46. The van der Waals surface area contributed by atoms with Gasteiger partial charge in [-0.15, -0.1) is 0 Å². The topological polar surface area (TPSA) is 69.2 Å². The highest BCUT2D eigenvalue weighted by atomic mass is 32.2. The van der Waals surface area contributed by atoms with Crippen molar-refractivity contribution in [3.05, 3.63) is 47.7 Å². The van der Waals surface area contributed by atoms with Crippen molar-refractivity contribution in [2.75, 3.05) is 18.6 Å². The van der Waals surface area contributed by atoms with Crippen LogP contribution in [0, 0.1) is 0 Å². The lowest BCUT2D eigenvalue weighted by Gasteiger charge is -2.22. The Labute approximate surface area is 127 Å². The van der Waals surface area contributed by atoms with E-state index < -0.39 is 11.2 Å². The van der Waals surface area contributed by atoms with Gasteiger partial charge in [-0.25, -0.2) is 0 Å². The molecule has 2 rings (SSSR count). The number of benzene rings is 1. The van der Waals surface area contributed by atoms with Crippen LogP contribution in [0.2, 0.25) is 0 Å². The normalized spacial score (nSPS) is 20.3. The van der Waals surface area contributed by atoms with Crippen molar-refractivity contribution in [3.8, 4) is 0 Å². The Morgan fingerprint density at radius 3 is 2.43 bits per heavy atom. The minimum Gasteiger partial charge on any atom is -0.617 e. The molecule has 0 amide bonds. The van der Waals surface area contributed by atoms with Crippen molar-refractivity contribution in [2.45, 2.75) is 18.8 Å². The van der Waals surface area contributed by atoms with Gasteiger partial charge in [0.05, 0.1) is 18.4 Å². The maximum atomic E-state index is 12.1. The molecule has 1 unspecified atom stereocenters. The summed E-state index contributed by atoms with van der Waals surface area (Å²) in [5.74, 6) is 0.237. The molecule has 0 bridgehead atoms. The van der Waals surface area contributed by atoms with E-state index in [9.17, 15) is 14.1 Å². The fourth-order valence-electron chi connectivity index (χ4n) is 2.39. The van der Waals surface area contributed by atoms with Crippen LogP contribution in [0.3, 0.4) is 0 Å². The maximum absolute atomic E-state index is 12.1. The number of Topliss-reactive ketones (excluding diaryl/α,β-unsaturated/α-hetero) is 2. The third-order valence-corrected chi connectivity index (χ3v) is 4.29. The summed E-state index contributed by atoms with van der Waals surface area (Å²) < 4.78 is 10.9. The Kier molecular flexibility index (Phi) is 5.59. The van der Waals surface area contributed by atoms with Gasteiger partial charge in [0.2, 0.25) is 0 Å². The van der Waals surface area contributed by atoms with Gasteiger partial charge in [0.15, 0.2) is 11.6 Å². The molecule has 1 aliphatic rings. The van der Waals surface area contributed by atoms with E-state index in [-0.39, 0.29) is 23.1 Å². The van der Waals surface area contributed by atoms with E-state index in [1.165, 1.54) is 6.20 Å². The van der Waals surface area contributed by atoms with E-state index in [0.717, 1.165) is 5.56 Å². The maximum Gasteiger partial charge on any atom is 0.168 e. The second-order valence-corrected chi connectivity index (χ2v) is 6.71. The third kappa shape index (κ3) is 4.44. The molecule has 21 heavy (non-hydrogen) atoms. The van der Waals surface area contributed by atoms with Gasteiger partial charge in [0, 0.05) is 19.0 Å². The molecule has 0 spiro atoms. The quantitative estimate of drug-likeness (QED) is 0.388. The summed E-state index contributed by atoms with van der Waals surface area (Å²) >= 11 is -0.882. The fourth-order valence-corrected chi connectivity index (χ4v) is 2.80. The van der Waals surface area contributed by atoms with E-state index in [1.807, 2.05) is 30.3 Å². The van der Waals surface area contributed by atoms with Crippen LogP contribution in [-0.4, -0.2) is 34.7 Å². The predicted octanol–water partition coefficient (Wildman–Crippen LogP) is 1.55. The Bertz CT molecular complexity index is 520. The number of nitrogens with one attached hydrogen (secondary N) is 1. The van der Waals surface area contributed by atoms with E-state index in [4.69, 9.17) is 0 Å². The Balaban J connectivity index is 1.98. The summed E-state index contributed by atoms with van der Waals surface area (Å²) in [5.41, 5.74) is 1.27. The first kappa shape index (κ1) is 15.8. The summed E-state index contributed by atoms with van der Waals surface area (Å²) in [4.78, 5) is 24.3. The summed E-state index contributed by atoms with van der Waals surface area (Å²) in [6, 6.07) is 9.66. The number of ketones is 2. The molecule has 1 aromatic rings. The van der Waals surface area contributed by atoms with Gasteiger partial charge in [-0.05, 0) is 11.5 Å². The van der Waals surface area contributed by atoms with Crippen LogP contribution in [0.4, 0.5) is 0 Å². The average molecular weight is 305 g/mol. The number of carbonyl (C=O) groups is 2. The van der Waals surface area contributed by atoms with Gasteiger partial charge >= 0.3 is 0 Å². The Morgan fingerprint density at radius 2 is 1.86 bits per heavy atom. The van der Waals surface area contributed by atoms with E-state index in [1.54, 1.807) is 6.26 Å². The van der Waals surface area contributed by atoms with Crippen LogP contribution in [-0.2, 0) is 20.8 Å². The molecule has 1 N–H and O–H groups in total. The largest absolute Gasteiger partial charge is 0.617 e. The highest BCUT2D eigenvalue weighted by Crippen LogP contribution is 2.31. The van der Waals surface area contributed by atoms with Crippen LogP contribution >= 0.6 is 0 Å². The molecule has 5 heteroatoms. The number of hydrogen-bond donors (Lipinski definition) is 1. The first-order valence-corrected chi connectivity index (χ1v) is 8.65. The highest BCUT2D eigenvalue weighted by molar-refractivity contribution is 7.90. The molecule has 4 nitrogen and oxygen atoms in total. The van der Waals surface area contributed by atoms with Crippen molar-refractivity contribution in [1.29, 1.82) is 0 Å². The van der Waals surface area contributed by atoms with Crippen LogP contribution < -0.4 is 5.32 Å². The highest BCUT2D eigenvalue weighted by Gasteiger charge is 2.31. The second kappa shape index (κ2) is 7.43. The van der Waals surface area contributed by atoms with Crippen molar-refractivity contribution < 1.29 is 14.1 Å². The number of allylic oxidation sites excluding steroid dienone is 1. The first-order valence-electron chi connectivity index (χ1n) is 6.93. The lowest BCUT2D eigenvalue weighted by atomic mass is 9.80. The minimum atomic E-state index is -0.882. The zero-order chi connectivity index (χ0) is 15.2. The third-order valence-electron chi connectivity index (χ3n) is 3.52. The monoisotopic (exact) mass is 305 g/mol. The number of rotatable bonds is 5. The van der Waals surface area contributed by atoms with Crippen LogP contribution in [0.15, 0.2) is 42.1 Å². The molecule has 1 saturated carbocycles. The Morgan fingerprint density at radius 1 is 1.24 bits per heavy atom. The smallest absolute Gasteiger partial charge is 0.168 e. The van der Waals surface area contributed by atoms with Crippen molar-refractivity contribution >= 4 is 22.7 Å². The first-order chi connectivity index (χ1) is 10.1. The molecule has 1 aliphatic carbocycles. The lowest BCUT2D eigenvalue weighted by Crippen LogP contribution is -2.27. The molecule has 0 heterocycles. The molecule has 0 aliphatic heterocycles. The predicted molar refractivity (Wildman–Crippen MR) is 83.5 cm³/mol. The molecular formula is C16H19NO3S. The van der Waals surface area contributed by atoms with E-state index in [0.29, 0.717) is 25.1 Å². The fraction of sp³-hybridized carbons (Fsp3) is 0.375. The molecule has 112 valence electrons. The van der Waals surface area contributed by atoms with Gasteiger partial charge in [-0.1, -0.05) is 41.5 Å². The molecule has 1 atom stereocenters. The zero-order valence-corrected chi connectivity index (χ0v) is 12.8. The SMILES string of the molecule is C[S+]([O-])CCNC=C1C(=O)CC(c2ccccc2)CC1=O. The van der Waals surface area contributed by atoms with Gasteiger partial charge in [0.1, 0.15) is 5.75 Å². The molecular weight excluding hydrogens is 286 g/mol. The van der Waals surface area contributed by atoms with E-state index >= 15 is 0 Å². The van der Waals surface area contributed by atoms with Crippen molar-refractivity contribution in [2.24, 2.45) is 0 Å². The summed E-state index contributed by atoms with van der Waals surface area (Å²) in [7, 11) is 0. The lowest BCUT2D eigenvalue weighted by molar-refractivity contribution is -0.124. The van der Waals surface area contributed by atoms with Gasteiger partial charge in [0.25, 0.3) is 0 Å². The van der Waals surface area contributed by atoms with Crippen molar-refractivity contribution in [3.63, 3.8) is 0 Å². The number of carbonyl (C=O) groups excluding carboxylic acids is 2. The van der Waals surface area contributed by atoms with Crippen molar-refractivity contribution in [1.82, 2.24) is 5.32 Å². The van der Waals surface area contributed by atoms with Gasteiger partial charge in [-0.2, -0.15) is 0 Å². The minimum absolute atomic E-state index is 0.0218. The summed E-state index contributed by atoms with van der Waals surface area (Å²) in [6.45, 7) is 0.495. The second-order valence-electron chi connectivity index (χ2n) is 5.15. The molecule has 0 radical (unpaired) electrons. The zero-order valence-electron chi connectivity index (χ0n) is 12.0.